The first-order valence-corrected chi connectivity index (χ1v) is 7.56. The van der Waals surface area contributed by atoms with Gasteiger partial charge in [-0.3, -0.25) is 14.9 Å². The van der Waals surface area contributed by atoms with E-state index in [9.17, 15) is 14.9 Å². The fraction of sp³-hybridized carbons (Fsp3) is 0.312. The average molecular weight is 327 g/mol. The summed E-state index contributed by atoms with van der Waals surface area (Å²) in [6.45, 7) is 2.52. The maximum Gasteiger partial charge on any atom is 0.270 e. The maximum atomic E-state index is 12.0. The number of benzene rings is 1. The first-order chi connectivity index (χ1) is 11.4. The molecule has 1 amide bonds. The maximum absolute atomic E-state index is 12.0. The SMILES string of the molecule is Cc1cc(NC2CCN(C)C2=O)nc(-c2cccc([N+](=O)[O-])c2)n1. The van der Waals surface area contributed by atoms with E-state index in [1.165, 1.54) is 12.1 Å². The Hall–Kier alpha value is -3.03. The summed E-state index contributed by atoms with van der Waals surface area (Å²) in [5.41, 5.74) is 1.26. The molecule has 1 N–H and O–H groups in total. The average Bonchev–Trinajstić information content (AvgIpc) is 2.86. The second kappa shape index (κ2) is 6.23. The number of amides is 1. The number of non-ortho nitro benzene ring substituents is 1. The van der Waals surface area contributed by atoms with Gasteiger partial charge >= 0.3 is 0 Å². The standard InChI is InChI=1S/C16H17N5O3/c1-10-8-14(18-13-6-7-20(2)16(13)22)19-15(17-10)11-4-3-5-12(9-11)21(23)24/h3-5,8-9,13H,6-7H2,1-2H3,(H,17,18,19). The van der Waals surface area contributed by atoms with E-state index in [0.717, 1.165) is 0 Å². The van der Waals surface area contributed by atoms with Crippen molar-refractivity contribution in [3.8, 4) is 11.4 Å². The lowest BCUT2D eigenvalue weighted by atomic mass is 10.2. The summed E-state index contributed by atoms with van der Waals surface area (Å²) < 4.78 is 0. The van der Waals surface area contributed by atoms with E-state index in [1.54, 1.807) is 30.1 Å². The van der Waals surface area contributed by atoms with E-state index >= 15 is 0 Å². The zero-order chi connectivity index (χ0) is 17.3. The Bertz CT molecular complexity index is 808. The van der Waals surface area contributed by atoms with Crippen LogP contribution in [0, 0.1) is 17.0 Å². The van der Waals surface area contributed by atoms with Gasteiger partial charge in [0.15, 0.2) is 5.82 Å². The summed E-state index contributed by atoms with van der Waals surface area (Å²) in [6.07, 6.45) is 0.713. The van der Waals surface area contributed by atoms with Crippen molar-refractivity contribution >= 4 is 17.4 Å². The third-order valence-electron chi connectivity index (χ3n) is 3.92. The number of nitrogens with one attached hydrogen (secondary N) is 1. The Kier molecular flexibility index (Phi) is 4.11. The third-order valence-corrected chi connectivity index (χ3v) is 3.92. The number of nitro groups is 1. The predicted molar refractivity (Wildman–Crippen MR) is 88.5 cm³/mol. The summed E-state index contributed by atoms with van der Waals surface area (Å²) >= 11 is 0. The van der Waals surface area contributed by atoms with E-state index in [-0.39, 0.29) is 17.6 Å². The molecule has 24 heavy (non-hydrogen) atoms. The van der Waals surface area contributed by atoms with E-state index in [4.69, 9.17) is 0 Å². The number of hydrogen-bond donors (Lipinski definition) is 1. The molecule has 1 fully saturated rings. The van der Waals surface area contributed by atoms with Crippen LogP contribution >= 0.6 is 0 Å². The highest BCUT2D eigenvalue weighted by Crippen LogP contribution is 2.23. The second-order valence-electron chi connectivity index (χ2n) is 5.77. The van der Waals surface area contributed by atoms with Gasteiger partial charge in [-0.15, -0.1) is 0 Å². The molecule has 124 valence electrons. The molecule has 8 nitrogen and oxygen atoms in total. The molecule has 1 aromatic carbocycles. The molecule has 8 heteroatoms. The van der Waals surface area contributed by atoms with Crippen molar-refractivity contribution < 1.29 is 9.72 Å². The van der Waals surface area contributed by atoms with Crippen LogP contribution in [0.25, 0.3) is 11.4 Å². The van der Waals surface area contributed by atoms with Crippen molar-refractivity contribution in [2.45, 2.75) is 19.4 Å². The van der Waals surface area contributed by atoms with Crippen LogP contribution in [0.3, 0.4) is 0 Å². The Balaban J connectivity index is 1.90. The van der Waals surface area contributed by atoms with Gasteiger partial charge in [0.2, 0.25) is 5.91 Å². The number of anilines is 1. The number of aromatic nitrogens is 2. The van der Waals surface area contributed by atoms with E-state index in [2.05, 4.69) is 15.3 Å². The molecule has 2 aromatic rings. The van der Waals surface area contributed by atoms with Crippen molar-refractivity contribution in [3.63, 3.8) is 0 Å². The molecule has 1 saturated heterocycles. The van der Waals surface area contributed by atoms with Crippen molar-refractivity contribution in [2.75, 3.05) is 18.9 Å². The minimum atomic E-state index is -0.453. The predicted octanol–water partition coefficient (Wildman–Crippen LogP) is 2.00. The number of likely N-dealkylation sites (N-methyl/N-ethyl adjacent to an activating group) is 1. The van der Waals surface area contributed by atoms with Gasteiger partial charge in [-0.1, -0.05) is 12.1 Å². The molecule has 1 atom stereocenters. The zero-order valence-corrected chi connectivity index (χ0v) is 13.4. The minimum absolute atomic E-state index is 0.0142. The number of nitrogens with zero attached hydrogens (tertiary/aromatic N) is 4. The van der Waals surface area contributed by atoms with Crippen LogP contribution in [0.2, 0.25) is 0 Å². The molecule has 2 heterocycles. The van der Waals surface area contributed by atoms with Crippen molar-refractivity contribution in [1.29, 1.82) is 0 Å². The number of carbonyl (C=O) groups excluding carboxylic acids is 1. The number of aryl methyl sites for hydroxylation is 1. The van der Waals surface area contributed by atoms with Gasteiger partial charge in [0.05, 0.1) is 4.92 Å². The monoisotopic (exact) mass is 327 g/mol. The highest BCUT2D eigenvalue weighted by atomic mass is 16.6. The van der Waals surface area contributed by atoms with E-state index in [1.807, 2.05) is 6.92 Å². The van der Waals surface area contributed by atoms with Gasteiger partial charge in [0.1, 0.15) is 11.9 Å². The molecule has 0 radical (unpaired) electrons. The van der Waals surface area contributed by atoms with Gasteiger partial charge in [-0.05, 0) is 13.3 Å². The Morgan fingerprint density at radius 1 is 1.33 bits per heavy atom. The Morgan fingerprint density at radius 2 is 2.12 bits per heavy atom. The summed E-state index contributed by atoms with van der Waals surface area (Å²) in [5, 5.41) is 14.1. The van der Waals surface area contributed by atoms with E-state index in [0.29, 0.717) is 35.9 Å². The third kappa shape index (κ3) is 3.17. The first kappa shape index (κ1) is 15.9. The van der Waals surface area contributed by atoms with Crippen molar-refractivity contribution in [3.05, 3.63) is 46.1 Å². The number of rotatable bonds is 4. The fourth-order valence-corrected chi connectivity index (χ4v) is 2.67. The lowest BCUT2D eigenvalue weighted by molar-refractivity contribution is -0.384. The molecule has 3 rings (SSSR count). The Morgan fingerprint density at radius 3 is 2.79 bits per heavy atom. The first-order valence-electron chi connectivity index (χ1n) is 7.56. The van der Waals surface area contributed by atoms with Gasteiger partial charge < -0.3 is 10.2 Å². The lowest BCUT2D eigenvalue weighted by Gasteiger charge is -2.14. The molecule has 1 aliphatic heterocycles. The fourth-order valence-electron chi connectivity index (χ4n) is 2.67. The van der Waals surface area contributed by atoms with Gasteiger partial charge in [-0.25, -0.2) is 9.97 Å². The zero-order valence-electron chi connectivity index (χ0n) is 13.4. The number of nitro benzene ring substituents is 1. The van der Waals surface area contributed by atoms with Crippen LogP contribution in [0.15, 0.2) is 30.3 Å². The van der Waals surface area contributed by atoms with Crippen LogP contribution in [-0.4, -0.2) is 45.3 Å². The summed E-state index contributed by atoms with van der Waals surface area (Å²) in [5.74, 6) is 0.959. The largest absolute Gasteiger partial charge is 0.358 e. The number of carbonyl (C=O) groups is 1. The van der Waals surface area contributed by atoms with Crippen LogP contribution in [0.1, 0.15) is 12.1 Å². The van der Waals surface area contributed by atoms with Gasteiger partial charge in [0.25, 0.3) is 5.69 Å². The van der Waals surface area contributed by atoms with Crippen molar-refractivity contribution in [1.82, 2.24) is 14.9 Å². The van der Waals surface area contributed by atoms with Crippen LogP contribution in [0.4, 0.5) is 11.5 Å². The second-order valence-corrected chi connectivity index (χ2v) is 5.77. The summed E-state index contributed by atoms with van der Waals surface area (Å²) in [6, 6.07) is 7.63. The van der Waals surface area contributed by atoms with Gasteiger partial charge in [-0.2, -0.15) is 0 Å². The summed E-state index contributed by atoms with van der Waals surface area (Å²) in [4.78, 5) is 32.9. The molecule has 0 saturated carbocycles. The van der Waals surface area contributed by atoms with Crippen LogP contribution in [0.5, 0.6) is 0 Å². The molecular formula is C16H17N5O3. The molecule has 0 aliphatic carbocycles. The van der Waals surface area contributed by atoms with Crippen LogP contribution in [-0.2, 0) is 4.79 Å². The Labute approximate surface area is 138 Å². The molecular weight excluding hydrogens is 310 g/mol. The van der Waals surface area contributed by atoms with E-state index < -0.39 is 4.92 Å². The molecule has 1 aromatic heterocycles. The quantitative estimate of drug-likeness (QED) is 0.681. The molecule has 0 spiro atoms. The smallest absolute Gasteiger partial charge is 0.270 e. The van der Waals surface area contributed by atoms with Crippen LogP contribution < -0.4 is 5.32 Å². The topological polar surface area (TPSA) is 101 Å². The molecule has 1 aliphatic rings. The number of likely N-dealkylation sites (tertiary alicyclic amines) is 1. The minimum Gasteiger partial charge on any atom is -0.358 e. The van der Waals surface area contributed by atoms with Crippen molar-refractivity contribution in [2.24, 2.45) is 0 Å². The molecule has 0 bridgehead atoms. The van der Waals surface area contributed by atoms with Gasteiger partial charge in [0, 0.05) is 43.0 Å². The summed E-state index contributed by atoms with van der Waals surface area (Å²) in [7, 11) is 1.77. The number of hydrogen-bond acceptors (Lipinski definition) is 6. The lowest BCUT2D eigenvalue weighted by Crippen LogP contribution is -2.31. The normalized spacial score (nSPS) is 17.2. The molecule has 1 unspecified atom stereocenters. The highest BCUT2D eigenvalue weighted by Gasteiger charge is 2.29. The highest BCUT2D eigenvalue weighted by molar-refractivity contribution is 5.86.